The topological polar surface area (TPSA) is 27.7 Å². The zero-order valence-corrected chi connectivity index (χ0v) is 14.8. The van der Waals surface area contributed by atoms with Gasteiger partial charge in [-0.15, -0.1) is 0 Å². The highest BCUT2D eigenvalue weighted by atomic mass is 79.9. The Bertz CT molecular complexity index is 222. The molecule has 0 aromatic carbocycles. The van der Waals surface area contributed by atoms with E-state index < -0.39 is 5.79 Å². The van der Waals surface area contributed by atoms with Crippen LogP contribution in [0.1, 0.15) is 65.2 Å². The molecule has 2 aliphatic rings. The Hall–Kier alpha value is 0.360. The molecular weight excluding hydrogens is 320 g/mol. The molecule has 2 rings (SSSR count). The van der Waals surface area contributed by atoms with Gasteiger partial charge in [-0.25, -0.2) is 0 Å². The van der Waals surface area contributed by atoms with E-state index in [4.69, 9.17) is 14.2 Å². The number of hydrogen-bond donors (Lipinski definition) is 0. The molecule has 20 heavy (non-hydrogen) atoms. The molecule has 0 N–H and O–H groups in total. The molecule has 1 heterocycles. The first-order valence-corrected chi connectivity index (χ1v) is 9.22. The Kier molecular flexibility index (Phi) is 10.1. The van der Waals surface area contributed by atoms with Crippen LogP contribution in [-0.4, -0.2) is 37.0 Å². The van der Waals surface area contributed by atoms with E-state index in [1.165, 1.54) is 38.5 Å². The number of hydrogen-bond acceptors (Lipinski definition) is 3. The highest BCUT2D eigenvalue weighted by Gasteiger charge is 2.29. The molecule has 1 saturated carbocycles. The summed E-state index contributed by atoms with van der Waals surface area (Å²) in [5.41, 5.74) is 0. The van der Waals surface area contributed by atoms with Crippen molar-refractivity contribution in [3.05, 3.63) is 0 Å². The lowest BCUT2D eigenvalue weighted by atomic mass is 10.2. The van der Waals surface area contributed by atoms with Crippen molar-refractivity contribution in [1.29, 1.82) is 0 Å². The van der Waals surface area contributed by atoms with Gasteiger partial charge in [0.05, 0.1) is 19.3 Å². The first-order valence-electron chi connectivity index (χ1n) is 8.09. The Balaban J connectivity index is 0.000000333. The fourth-order valence-electron chi connectivity index (χ4n) is 2.45. The molecule has 120 valence electrons. The van der Waals surface area contributed by atoms with Gasteiger partial charge in [-0.3, -0.25) is 0 Å². The molecule has 0 aromatic rings. The largest absolute Gasteiger partial charge is 0.379 e. The van der Waals surface area contributed by atoms with Gasteiger partial charge < -0.3 is 14.2 Å². The minimum Gasteiger partial charge on any atom is -0.379 e. The average molecular weight is 351 g/mol. The van der Waals surface area contributed by atoms with Gasteiger partial charge >= 0.3 is 0 Å². The molecule has 2 fully saturated rings. The van der Waals surface area contributed by atoms with E-state index in [-0.39, 0.29) is 6.10 Å². The van der Waals surface area contributed by atoms with Gasteiger partial charge in [0.25, 0.3) is 0 Å². The van der Waals surface area contributed by atoms with E-state index in [1.807, 2.05) is 13.8 Å². The minimum atomic E-state index is -0.442. The summed E-state index contributed by atoms with van der Waals surface area (Å²) < 4.78 is 16.7. The summed E-state index contributed by atoms with van der Waals surface area (Å²) in [4.78, 5) is 0. The summed E-state index contributed by atoms with van der Waals surface area (Å²) in [6.07, 6.45) is 10.9. The lowest BCUT2D eigenvalue weighted by Gasteiger charge is -2.35. The third-order valence-electron chi connectivity index (χ3n) is 3.57. The molecule has 0 amide bonds. The first-order chi connectivity index (χ1) is 9.64. The van der Waals surface area contributed by atoms with Crippen LogP contribution >= 0.6 is 15.9 Å². The average Bonchev–Trinajstić information content (AvgIpc) is 2.96. The summed E-state index contributed by atoms with van der Waals surface area (Å²) in [7, 11) is 0. The number of unbranched alkanes of at least 4 members (excludes halogenated alkanes) is 1. The second-order valence-corrected chi connectivity index (χ2v) is 6.81. The van der Waals surface area contributed by atoms with Gasteiger partial charge in [0.15, 0.2) is 5.79 Å². The van der Waals surface area contributed by atoms with Crippen LogP contribution in [0.5, 0.6) is 0 Å². The fraction of sp³-hybridized carbons (Fsp3) is 1.00. The van der Waals surface area contributed by atoms with Crippen molar-refractivity contribution in [3.8, 4) is 0 Å². The van der Waals surface area contributed by atoms with E-state index in [9.17, 15) is 0 Å². The van der Waals surface area contributed by atoms with Crippen molar-refractivity contribution < 1.29 is 14.2 Å². The van der Waals surface area contributed by atoms with Crippen LogP contribution in [0.15, 0.2) is 0 Å². The van der Waals surface area contributed by atoms with Crippen LogP contribution in [0.4, 0.5) is 0 Å². The second kappa shape index (κ2) is 11.0. The van der Waals surface area contributed by atoms with E-state index >= 15 is 0 Å². The number of rotatable bonds is 6. The van der Waals surface area contributed by atoms with Crippen LogP contribution in [0, 0.1) is 0 Å². The molecule has 1 aliphatic carbocycles. The van der Waals surface area contributed by atoms with Crippen molar-refractivity contribution in [1.82, 2.24) is 0 Å². The van der Waals surface area contributed by atoms with Crippen molar-refractivity contribution >= 4 is 15.9 Å². The van der Waals surface area contributed by atoms with Gasteiger partial charge in [-0.05, 0) is 33.1 Å². The maximum atomic E-state index is 5.72. The molecule has 1 aliphatic heterocycles. The summed E-state index contributed by atoms with van der Waals surface area (Å²) in [5.74, 6) is -0.442. The molecule has 1 saturated heterocycles. The van der Waals surface area contributed by atoms with E-state index in [2.05, 4.69) is 15.9 Å². The molecule has 3 nitrogen and oxygen atoms in total. The number of alkyl halides is 1. The molecule has 4 heteroatoms. The predicted octanol–water partition coefficient (Wildman–Crippen LogP) is 4.67. The van der Waals surface area contributed by atoms with Crippen molar-refractivity contribution in [2.24, 2.45) is 0 Å². The SMILES string of the molecule is C1CCCC1.CC1(C)OCC[C@@H](COCCCCBr)O1. The molecule has 1 atom stereocenters. The predicted molar refractivity (Wildman–Crippen MR) is 86.5 cm³/mol. The summed E-state index contributed by atoms with van der Waals surface area (Å²) >= 11 is 3.40. The Morgan fingerprint density at radius 3 is 2.30 bits per heavy atom. The molecular formula is C16H31BrO3. The lowest BCUT2D eigenvalue weighted by Crippen LogP contribution is -2.41. The van der Waals surface area contributed by atoms with Gasteiger partial charge in [0, 0.05) is 11.9 Å². The Morgan fingerprint density at radius 2 is 1.75 bits per heavy atom. The smallest absolute Gasteiger partial charge is 0.163 e. The van der Waals surface area contributed by atoms with Gasteiger partial charge in [-0.2, -0.15) is 0 Å². The van der Waals surface area contributed by atoms with Crippen LogP contribution in [0.3, 0.4) is 0 Å². The van der Waals surface area contributed by atoms with Crippen molar-refractivity contribution in [2.75, 3.05) is 25.2 Å². The van der Waals surface area contributed by atoms with E-state index in [1.54, 1.807) is 0 Å². The van der Waals surface area contributed by atoms with Gasteiger partial charge in [-0.1, -0.05) is 48.0 Å². The molecule has 0 bridgehead atoms. The van der Waals surface area contributed by atoms with Crippen LogP contribution in [0.25, 0.3) is 0 Å². The molecule has 0 radical (unpaired) electrons. The van der Waals surface area contributed by atoms with Crippen LogP contribution in [0.2, 0.25) is 0 Å². The molecule has 0 spiro atoms. The standard InChI is InChI=1S/C11H21BrO3.C5H10/c1-11(2)14-8-5-10(15-11)9-13-7-4-3-6-12;1-2-4-5-3-1/h10H,3-9H2,1-2H3;1-5H2/t10-;/m0./s1. The Labute approximate surface area is 132 Å². The zero-order valence-electron chi connectivity index (χ0n) is 13.2. The highest BCUT2D eigenvalue weighted by molar-refractivity contribution is 9.09. The highest BCUT2D eigenvalue weighted by Crippen LogP contribution is 2.22. The third-order valence-corrected chi connectivity index (χ3v) is 4.13. The van der Waals surface area contributed by atoms with Crippen LogP contribution < -0.4 is 0 Å². The van der Waals surface area contributed by atoms with Crippen molar-refractivity contribution in [2.45, 2.75) is 77.1 Å². The fourth-order valence-corrected chi connectivity index (χ4v) is 2.84. The summed E-state index contributed by atoms with van der Waals surface area (Å²) in [6, 6.07) is 0. The molecule has 0 aromatic heterocycles. The molecule has 0 unspecified atom stereocenters. The normalized spacial score (nSPS) is 25.1. The number of halogens is 1. The summed E-state index contributed by atoms with van der Waals surface area (Å²) in [6.45, 7) is 6.18. The monoisotopic (exact) mass is 350 g/mol. The Morgan fingerprint density at radius 1 is 1.10 bits per heavy atom. The van der Waals surface area contributed by atoms with Gasteiger partial charge in [0.1, 0.15) is 0 Å². The quantitative estimate of drug-likeness (QED) is 0.514. The zero-order chi connectivity index (χ0) is 14.7. The van der Waals surface area contributed by atoms with Gasteiger partial charge in [0.2, 0.25) is 0 Å². The van der Waals surface area contributed by atoms with E-state index in [0.717, 1.165) is 31.4 Å². The first kappa shape index (κ1) is 18.4. The lowest BCUT2D eigenvalue weighted by molar-refractivity contribution is -0.280. The van der Waals surface area contributed by atoms with E-state index in [0.29, 0.717) is 6.61 Å². The second-order valence-electron chi connectivity index (χ2n) is 6.02. The van der Waals surface area contributed by atoms with Crippen LogP contribution in [-0.2, 0) is 14.2 Å². The third kappa shape index (κ3) is 9.32. The summed E-state index contributed by atoms with van der Waals surface area (Å²) in [5, 5.41) is 1.05. The maximum Gasteiger partial charge on any atom is 0.163 e. The maximum absolute atomic E-state index is 5.72. The number of ether oxygens (including phenoxy) is 3. The minimum absolute atomic E-state index is 0.192. The van der Waals surface area contributed by atoms with Crippen molar-refractivity contribution in [3.63, 3.8) is 0 Å².